The number of carbonyl (C=O) groups is 2. The number of rotatable bonds is 9. The van der Waals surface area contributed by atoms with Gasteiger partial charge in [0.2, 0.25) is 5.91 Å². The van der Waals surface area contributed by atoms with E-state index in [1.807, 2.05) is 13.8 Å². The van der Waals surface area contributed by atoms with E-state index < -0.39 is 5.54 Å². The van der Waals surface area contributed by atoms with Gasteiger partial charge in [-0.05, 0) is 20.8 Å². The predicted molar refractivity (Wildman–Crippen MR) is 83.6 cm³/mol. The second-order valence-corrected chi connectivity index (χ2v) is 5.82. The lowest BCUT2D eigenvalue weighted by atomic mass is 10.0. The van der Waals surface area contributed by atoms with Crippen LogP contribution in [0.2, 0.25) is 0 Å². The van der Waals surface area contributed by atoms with E-state index in [1.165, 1.54) is 0 Å². The number of esters is 1. The Morgan fingerprint density at radius 2 is 1.91 bits per heavy atom. The molecule has 1 saturated heterocycles. The molecule has 1 aliphatic rings. The van der Waals surface area contributed by atoms with E-state index in [9.17, 15) is 9.59 Å². The van der Waals surface area contributed by atoms with Crippen LogP contribution in [0.4, 0.5) is 0 Å². The van der Waals surface area contributed by atoms with Crippen molar-refractivity contribution in [1.29, 1.82) is 0 Å². The summed E-state index contributed by atoms with van der Waals surface area (Å²) in [6, 6.07) is 0. The summed E-state index contributed by atoms with van der Waals surface area (Å²) in [4.78, 5) is 25.7. The third kappa shape index (κ3) is 7.20. The standard InChI is InChI=1S/C15H29N3O4/c1-4-22-13(19)5-6-16-14(20)15(2,3)17-7-8-18-9-11-21-12-10-18/h17H,4-12H2,1-3H3,(H,16,20). The lowest BCUT2D eigenvalue weighted by molar-refractivity contribution is -0.143. The van der Waals surface area contributed by atoms with Crippen molar-refractivity contribution in [2.45, 2.75) is 32.7 Å². The van der Waals surface area contributed by atoms with Crippen molar-refractivity contribution in [1.82, 2.24) is 15.5 Å². The van der Waals surface area contributed by atoms with E-state index in [2.05, 4.69) is 15.5 Å². The second-order valence-electron chi connectivity index (χ2n) is 5.82. The molecule has 0 spiro atoms. The Labute approximate surface area is 132 Å². The van der Waals surface area contributed by atoms with Crippen molar-refractivity contribution in [3.63, 3.8) is 0 Å². The molecule has 7 heteroatoms. The Morgan fingerprint density at radius 3 is 2.55 bits per heavy atom. The molecule has 1 amide bonds. The molecule has 0 radical (unpaired) electrons. The van der Waals surface area contributed by atoms with Gasteiger partial charge in [0.15, 0.2) is 0 Å². The van der Waals surface area contributed by atoms with Crippen LogP contribution >= 0.6 is 0 Å². The molecule has 0 aromatic carbocycles. The maximum atomic E-state index is 12.1. The van der Waals surface area contributed by atoms with Crippen molar-refractivity contribution >= 4 is 11.9 Å². The highest BCUT2D eigenvalue weighted by atomic mass is 16.5. The summed E-state index contributed by atoms with van der Waals surface area (Å²) in [5.41, 5.74) is -0.666. The maximum absolute atomic E-state index is 12.1. The summed E-state index contributed by atoms with van der Waals surface area (Å²) < 4.78 is 10.1. The van der Waals surface area contributed by atoms with Crippen molar-refractivity contribution in [3.05, 3.63) is 0 Å². The lowest BCUT2D eigenvalue weighted by Gasteiger charge is -2.29. The lowest BCUT2D eigenvalue weighted by Crippen LogP contribution is -2.54. The van der Waals surface area contributed by atoms with Gasteiger partial charge in [-0.2, -0.15) is 0 Å². The Bertz CT molecular complexity index is 355. The zero-order valence-electron chi connectivity index (χ0n) is 13.9. The van der Waals surface area contributed by atoms with Gasteiger partial charge in [-0.15, -0.1) is 0 Å². The van der Waals surface area contributed by atoms with Crippen LogP contribution in [-0.4, -0.2) is 74.9 Å². The number of hydrogen-bond acceptors (Lipinski definition) is 6. The number of nitrogens with one attached hydrogen (secondary N) is 2. The van der Waals surface area contributed by atoms with Gasteiger partial charge in [0.25, 0.3) is 0 Å². The fourth-order valence-corrected chi connectivity index (χ4v) is 2.16. The van der Waals surface area contributed by atoms with Crippen molar-refractivity contribution < 1.29 is 19.1 Å². The summed E-state index contributed by atoms with van der Waals surface area (Å²) in [7, 11) is 0. The molecule has 128 valence electrons. The number of nitrogens with zero attached hydrogens (tertiary/aromatic N) is 1. The summed E-state index contributed by atoms with van der Waals surface area (Å²) in [6.45, 7) is 11.2. The topological polar surface area (TPSA) is 79.9 Å². The third-order valence-electron chi connectivity index (χ3n) is 3.59. The van der Waals surface area contributed by atoms with Crippen LogP contribution in [0.5, 0.6) is 0 Å². The number of ether oxygens (including phenoxy) is 2. The molecule has 0 saturated carbocycles. The maximum Gasteiger partial charge on any atom is 0.307 e. The molecule has 0 atom stereocenters. The molecule has 2 N–H and O–H groups in total. The van der Waals surface area contributed by atoms with Crippen molar-refractivity contribution in [2.24, 2.45) is 0 Å². The van der Waals surface area contributed by atoms with Crippen molar-refractivity contribution in [2.75, 3.05) is 52.5 Å². The first-order chi connectivity index (χ1) is 10.5. The molecular formula is C15H29N3O4. The third-order valence-corrected chi connectivity index (χ3v) is 3.59. The number of morpholine rings is 1. The zero-order valence-corrected chi connectivity index (χ0v) is 13.9. The molecule has 7 nitrogen and oxygen atoms in total. The minimum Gasteiger partial charge on any atom is -0.466 e. The Kier molecular flexibility index (Phi) is 8.37. The van der Waals surface area contributed by atoms with Gasteiger partial charge >= 0.3 is 5.97 Å². The highest BCUT2D eigenvalue weighted by Gasteiger charge is 2.26. The van der Waals surface area contributed by atoms with Crippen LogP contribution in [0.1, 0.15) is 27.2 Å². The number of hydrogen-bond donors (Lipinski definition) is 2. The molecule has 1 fully saturated rings. The van der Waals surface area contributed by atoms with Gasteiger partial charge in [0.05, 0.1) is 31.8 Å². The molecule has 1 rings (SSSR count). The van der Waals surface area contributed by atoms with Gasteiger partial charge in [0.1, 0.15) is 0 Å². The van der Waals surface area contributed by atoms with Crippen LogP contribution in [0.3, 0.4) is 0 Å². The average molecular weight is 315 g/mol. The van der Waals surface area contributed by atoms with E-state index in [0.717, 1.165) is 39.4 Å². The summed E-state index contributed by atoms with van der Waals surface area (Å²) in [5.74, 6) is -0.403. The zero-order chi connectivity index (χ0) is 16.4. The molecule has 0 bridgehead atoms. The Morgan fingerprint density at radius 1 is 1.23 bits per heavy atom. The fraction of sp³-hybridized carbons (Fsp3) is 0.867. The monoisotopic (exact) mass is 315 g/mol. The van der Waals surface area contributed by atoms with E-state index in [-0.39, 0.29) is 18.3 Å². The molecule has 0 aliphatic carbocycles. The van der Waals surface area contributed by atoms with E-state index in [4.69, 9.17) is 9.47 Å². The number of carbonyl (C=O) groups excluding carboxylic acids is 2. The largest absolute Gasteiger partial charge is 0.466 e. The van der Waals surface area contributed by atoms with Gasteiger partial charge in [-0.25, -0.2) is 0 Å². The predicted octanol–water partition coefficient (Wildman–Crippen LogP) is -0.244. The summed E-state index contributed by atoms with van der Waals surface area (Å²) in [5, 5.41) is 6.02. The van der Waals surface area contributed by atoms with Crippen LogP contribution in [0, 0.1) is 0 Å². The van der Waals surface area contributed by atoms with Crippen LogP contribution in [-0.2, 0) is 19.1 Å². The molecule has 0 unspecified atom stereocenters. The highest BCUT2D eigenvalue weighted by molar-refractivity contribution is 5.85. The fourth-order valence-electron chi connectivity index (χ4n) is 2.16. The Balaban J connectivity index is 2.19. The van der Waals surface area contributed by atoms with Gasteiger partial charge in [0, 0.05) is 32.7 Å². The molecule has 1 heterocycles. The smallest absolute Gasteiger partial charge is 0.307 e. The first-order valence-corrected chi connectivity index (χ1v) is 7.94. The van der Waals surface area contributed by atoms with Gasteiger partial charge in [-0.3, -0.25) is 14.5 Å². The van der Waals surface area contributed by atoms with E-state index in [0.29, 0.717) is 13.2 Å². The van der Waals surface area contributed by atoms with Crippen LogP contribution in [0.15, 0.2) is 0 Å². The van der Waals surface area contributed by atoms with Crippen molar-refractivity contribution in [3.8, 4) is 0 Å². The van der Waals surface area contributed by atoms with E-state index >= 15 is 0 Å². The van der Waals surface area contributed by atoms with Gasteiger partial charge < -0.3 is 20.1 Å². The minimum absolute atomic E-state index is 0.112. The average Bonchev–Trinajstić information content (AvgIpc) is 2.48. The quantitative estimate of drug-likeness (QED) is 0.572. The van der Waals surface area contributed by atoms with Crippen LogP contribution < -0.4 is 10.6 Å². The van der Waals surface area contributed by atoms with E-state index in [1.54, 1.807) is 6.92 Å². The molecule has 0 aromatic rings. The minimum atomic E-state index is -0.666. The normalized spacial score (nSPS) is 16.3. The first kappa shape index (κ1) is 18.9. The SMILES string of the molecule is CCOC(=O)CCNC(=O)C(C)(C)NCCN1CCOCC1. The molecule has 1 aliphatic heterocycles. The Hall–Kier alpha value is -1.18. The second kappa shape index (κ2) is 9.76. The summed E-state index contributed by atoms with van der Waals surface area (Å²) >= 11 is 0. The molecule has 22 heavy (non-hydrogen) atoms. The van der Waals surface area contributed by atoms with Gasteiger partial charge in [-0.1, -0.05) is 0 Å². The first-order valence-electron chi connectivity index (χ1n) is 7.94. The molecule has 0 aromatic heterocycles. The molecular weight excluding hydrogens is 286 g/mol. The highest BCUT2D eigenvalue weighted by Crippen LogP contribution is 2.03. The van der Waals surface area contributed by atoms with Crippen LogP contribution in [0.25, 0.3) is 0 Å². The summed E-state index contributed by atoms with van der Waals surface area (Å²) in [6.07, 6.45) is 0.198. The number of amides is 1.